The second-order valence-corrected chi connectivity index (χ2v) is 4.56. The molecule has 2 rings (SSSR count). The predicted octanol–water partition coefficient (Wildman–Crippen LogP) is 4.68. The lowest BCUT2D eigenvalue weighted by atomic mass is 10.1. The van der Waals surface area contributed by atoms with Crippen LogP contribution in [-0.4, -0.2) is 14.2 Å². The van der Waals surface area contributed by atoms with Crippen LogP contribution in [0, 0.1) is 6.57 Å². The van der Waals surface area contributed by atoms with Crippen LogP contribution >= 0.6 is 0 Å². The maximum atomic E-state index is 7.28. The van der Waals surface area contributed by atoms with Crippen molar-refractivity contribution in [1.82, 2.24) is 0 Å². The van der Waals surface area contributed by atoms with Gasteiger partial charge in [0.2, 0.25) is 0 Å². The quantitative estimate of drug-likeness (QED) is 0.590. The number of benzene rings is 2. The van der Waals surface area contributed by atoms with Gasteiger partial charge in [-0.05, 0) is 41.5 Å². The van der Waals surface area contributed by atoms with Crippen LogP contribution in [0.4, 0.5) is 0 Å². The first-order valence-corrected chi connectivity index (χ1v) is 6.80. The van der Waals surface area contributed by atoms with Crippen molar-refractivity contribution in [2.45, 2.75) is 0 Å². The van der Waals surface area contributed by atoms with E-state index in [1.807, 2.05) is 60.7 Å². The first-order valence-electron chi connectivity index (χ1n) is 6.80. The molecule has 0 bridgehead atoms. The predicted molar refractivity (Wildman–Crippen MR) is 89.6 cm³/mol. The molecule has 0 aliphatic rings. The summed E-state index contributed by atoms with van der Waals surface area (Å²) in [6, 6.07) is 15.3. The van der Waals surface area contributed by atoms with Gasteiger partial charge in [-0.1, -0.05) is 36.4 Å². The molecular weight excluding hydrogens is 274 g/mol. The molecule has 0 radical (unpaired) electrons. The lowest BCUT2D eigenvalue weighted by Crippen LogP contribution is -1.82. The highest BCUT2D eigenvalue weighted by Crippen LogP contribution is 2.17. The average molecular weight is 291 g/mol. The molecule has 2 aromatic carbocycles. The SMILES string of the molecule is [C-]#[N+]C(=C\c1ccc(OC)cc1)/C=C/c1ccc(OC)cc1. The van der Waals surface area contributed by atoms with Crippen molar-refractivity contribution in [2.75, 3.05) is 14.2 Å². The molecule has 0 N–H and O–H groups in total. The summed E-state index contributed by atoms with van der Waals surface area (Å²) >= 11 is 0. The topological polar surface area (TPSA) is 22.8 Å². The van der Waals surface area contributed by atoms with Gasteiger partial charge in [0.1, 0.15) is 11.5 Å². The van der Waals surface area contributed by atoms with E-state index in [1.165, 1.54) is 0 Å². The van der Waals surface area contributed by atoms with Crippen molar-refractivity contribution in [3.63, 3.8) is 0 Å². The highest BCUT2D eigenvalue weighted by molar-refractivity contribution is 5.63. The van der Waals surface area contributed by atoms with Gasteiger partial charge in [0, 0.05) is 0 Å². The Labute approximate surface area is 130 Å². The van der Waals surface area contributed by atoms with E-state index >= 15 is 0 Å². The van der Waals surface area contributed by atoms with E-state index in [9.17, 15) is 0 Å². The fourth-order valence-corrected chi connectivity index (χ4v) is 1.89. The minimum absolute atomic E-state index is 0.570. The summed E-state index contributed by atoms with van der Waals surface area (Å²) < 4.78 is 10.2. The molecule has 2 aromatic rings. The van der Waals surface area contributed by atoms with E-state index in [0.29, 0.717) is 5.70 Å². The molecule has 0 atom stereocenters. The van der Waals surface area contributed by atoms with Crippen LogP contribution in [0.15, 0.2) is 60.3 Å². The molecule has 0 aromatic heterocycles. The van der Waals surface area contributed by atoms with E-state index in [4.69, 9.17) is 16.0 Å². The Morgan fingerprint density at radius 1 is 0.864 bits per heavy atom. The summed E-state index contributed by atoms with van der Waals surface area (Å²) in [6.07, 6.45) is 5.55. The average Bonchev–Trinajstić information content (AvgIpc) is 2.59. The Hall–Kier alpha value is -2.99. The van der Waals surface area contributed by atoms with Crippen LogP contribution in [0.3, 0.4) is 0 Å². The Morgan fingerprint density at radius 3 is 1.82 bits per heavy atom. The van der Waals surface area contributed by atoms with Crippen molar-refractivity contribution in [2.24, 2.45) is 0 Å². The molecule has 3 heteroatoms. The largest absolute Gasteiger partial charge is 0.497 e. The number of allylic oxidation sites excluding steroid dienone is 1. The molecule has 3 nitrogen and oxygen atoms in total. The standard InChI is InChI=1S/C19H17NO2/c1-20-17(14-16-7-12-19(22-3)13-8-16)9-4-15-5-10-18(21-2)11-6-15/h4-14H,2-3H3/b9-4+,17-14-. The van der Waals surface area contributed by atoms with Crippen LogP contribution in [0.5, 0.6) is 11.5 Å². The van der Waals surface area contributed by atoms with Gasteiger partial charge >= 0.3 is 0 Å². The van der Waals surface area contributed by atoms with Crippen molar-refractivity contribution >= 4 is 12.2 Å². The Bertz CT molecular complexity index is 705. The highest BCUT2D eigenvalue weighted by Gasteiger charge is 1.95. The first-order chi connectivity index (χ1) is 10.7. The number of methoxy groups -OCH3 is 2. The number of nitrogens with zero attached hydrogens (tertiary/aromatic N) is 1. The zero-order valence-electron chi connectivity index (χ0n) is 12.6. The van der Waals surface area contributed by atoms with Gasteiger partial charge in [-0.3, -0.25) is 0 Å². The third kappa shape index (κ3) is 4.26. The summed E-state index contributed by atoms with van der Waals surface area (Å²) in [4.78, 5) is 3.54. The zero-order valence-corrected chi connectivity index (χ0v) is 12.6. The third-order valence-electron chi connectivity index (χ3n) is 3.12. The second-order valence-electron chi connectivity index (χ2n) is 4.56. The van der Waals surface area contributed by atoms with E-state index < -0.39 is 0 Å². The lowest BCUT2D eigenvalue weighted by Gasteiger charge is -2.00. The molecule has 0 fully saturated rings. The maximum absolute atomic E-state index is 7.28. The summed E-state index contributed by atoms with van der Waals surface area (Å²) in [7, 11) is 3.27. The monoisotopic (exact) mass is 291 g/mol. The first kappa shape index (κ1) is 15.4. The molecule has 0 spiro atoms. The molecule has 0 amide bonds. The van der Waals surface area contributed by atoms with Gasteiger partial charge in [-0.2, -0.15) is 0 Å². The van der Waals surface area contributed by atoms with Crippen LogP contribution < -0.4 is 9.47 Å². The molecule has 0 aliphatic heterocycles. The molecule has 0 saturated heterocycles. The van der Waals surface area contributed by atoms with E-state index in [1.54, 1.807) is 20.3 Å². The maximum Gasteiger partial charge on any atom is 0.187 e. The third-order valence-corrected chi connectivity index (χ3v) is 3.12. The summed E-state index contributed by atoms with van der Waals surface area (Å²) in [5.41, 5.74) is 2.55. The van der Waals surface area contributed by atoms with Crippen LogP contribution in [0.2, 0.25) is 0 Å². The van der Waals surface area contributed by atoms with Crippen LogP contribution in [0.1, 0.15) is 11.1 Å². The van der Waals surface area contributed by atoms with Gasteiger partial charge in [-0.15, -0.1) is 0 Å². The minimum atomic E-state index is 0.570. The number of hydrogen-bond acceptors (Lipinski definition) is 2. The van der Waals surface area contributed by atoms with Crippen molar-refractivity contribution in [1.29, 1.82) is 0 Å². The van der Waals surface area contributed by atoms with Crippen LogP contribution in [-0.2, 0) is 0 Å². The summed E-state index contributed by atoms with van der Waals surface area (Å²) in [6.45, 7) is 7.28. The Morgan fingerprint density at radius 2 is 1.36 bits per heavy atom. The van der Waals surface area contributed by atoms with E-state index in [2.05, 4.69) is 4.85 Å². The fraction of sp³-hybridized carbons (Fsp3) is 0.105. The molecule has 0 saturated carbocycles. The van der Waals surface area contributed by atoms with E-state index in [-0.39, 0.29) is 0 Å². The van der Waals surface area contributed by atoms with Gasteiger partial charge in [-0.25, -0.2) is 4.85 Å². The van der Waals surface area contributed by atoms with Gasteiger partial charge in [0.05, 0.1) is 20.8 Å². The minimum Gasteiger partial charge on any atom is -0.497 e. The number of ether oxygens (including phenoxy) is 2. The van der Waals surface area contributed by atoms with Crippen molar-refractivity contribution in [3.8, 4) is 11.5 Å². The van der Waals surface area contributed by atoms with Gasteiger partial charge in [0.15, 0.2) is 5.70 Å². The van der Waals surface area contributed by atoms with E-state index in [0.717, 1.165) is 22.6 Å². The normalized spacial score (nSPS) is 11.2. The smallest absolute Gasteiger partial charge is 0.187 e. The highest BCUT2D eigenvalue weighted by atomic mass is 16.5. The summed E-state index contributed by atoms with van der Waals surface area (Å²) in [5.74, 6) is 1.62. The fourth-order valence-electron chi connectivity index (χ4n) is 1.89. The zero-order chi connectivity index (χ0) is 15.8. The van der Waals surface area contributed by atoms with Gasteiger partial charge in [0.25, 0.3) is 0 Å². The molecule has 0 heterocycles. The van der Waals surface area contributed by atoms with Gasteiger partial charge < -0.3 is 9.47 Å². The molecule has 110 valence electrons. The number of hydrogen-bond donors (Lipinski definition) is 0. The van der Waals surface area contributed by atoms with Crippen LogP contribution in [0.25, 0.3) is 17.0 Å². The molecule has 0 unspecified atom stereocenters. The summed E-state index contributed by atoms with van der Waals surface area (Å²) in [5, 5.41) is 0. The molecular formula is C19H17NO2. The number of rotatable bonds is 5. The lowest BCUT2D eigenvalue weighted by molar-refractivity contribution is 0.414. The Balaban J connectivity index is 2.14. The van der Waals surface area contributed by atoms with Crippen molar-refractivity contribution < 1.29 is 9.47 Å². The Kier molecular flexibility index (Phi) is 5.39. The van der Waals surface area contributed by atoms with Crippen molar-refractivity contribution in [3.05, 3.63) is 82.8 Å². The second kappa shape index (κ2) is 7.70. The molecule has 0 aliphatic carbocycles. The molecule has 22 heavy (non-hydrogen) atoms.